The molecule has 0 saturated heterocycles. The van der Waals surface area contributed by atoms with Gasteiger partial charge in [0.2, 0.25) is 0 Å². The summed E-state index contributed by atoms with van der Waals surface area (Å²) in [6.45, 7) is 3.49. The molecule has 25 heavy (non-hydrogen) atoms. The van der Waals surface area contributed by atoms with Crippen LogP contribution in [0.4, 0.5) is 0 Å². The van der Waals surface area contributed by atoms with Crippen LogP contribution in [0, 0.1) is 0 Å². The average molecular weight is 344 g/mol. The molecule has 134 valence electrons. The molecule has 0 saturated carbocycles. The van der Waals surface area contributed by atoms with Crippen molar-refractivity contribution in [3.8, 4) is 5.75 Å². The zero-order chi connectivity index (χ0) is 17.9. The van der Waals surface area contributed by atoms with Crippen LogP contribution < -0.4 is 4.74 Å². The molecule has 0 aliphatic rings. The first kappa shape index (κ1) is 19.0. The van der Waals surface area contributed by atoms with Crippen LogP contribution in [0.1, 0.15) is 18.1 Å². The second-order valence-electron chi connectivity index (χ2n) is 5.50. The number of rotatable bonds is 10. The molecule has 0 aliphatic carbocycles. The lowest BCUT2D eigenvalue weighted by molar-refractivity contribution is -0.152. The van der Waals surface area contributed by atoms with Crippen molar-refractivity contribution in [3.63, 3.8) is 0 Å². The van der Waals surface area contributed by atoms with Crippen molar-refractivity contribution in [2.75, 3.05) is 19.8 Å². The third-order valence-electron chi connectivity index (χ3n) is 3.52. The van der Waals surface area contributed by atoms with E-state index in [-0.39, 0.29) is 13.0 Å². The lowest BCUT2D eigenvalue weighted by Crippen LogP contribution is -2.25. The maximum absolute atomic E-state index is 11.4. The van der Waals surface area contributed by atoms with Gasteiger partial charge in [0.25, 0.3) is 0 Å². The minimum atomic E-state index is -1.14. The van der Waals surface area contributed by atoms with Gasteiger partial charge in [-0.15, -0.1) is 0 Å². The number of hydrogen-bond acceptors (Lipinski definition) is 5. The minimum absolute atomic E-state index is 0.222. The van der Waals surface area contributed by atoms with E-state index in [1.54, 1.807) is 6.92 Å². The van der Waals surface area contributed by atoms with E-state index in [9.17, 15) is 9.90 Å². The molecule has 5 nitrogen and oxygen atoms in total. The first-order chi connectivity index (χ1) is 12.2. The highest BCUT2D eigenvalue weighted by atomic mass is 16.5. The molecule has 5 heteroatoms. The number of ether oxygens (including phenoxy) is 3. The van der Waals surface area contributed by atoms with E-state index in [2.05, 4.69) is 0 Å². The Morgan fingerprint density at radius 2 is 1.72 bits per heavy atom. The Labute approximate surface area is 148 Å². The molecule has 2 aromatic rings. The summed E-state index contributed by atoms with van der Waals surface area (Å²) >= 11 is 0. The molecule has 0 aromatic heterocycles. The highest BCUT2D eigenvalue weighted by Gasteiger charge is 2.16. The molecule has 1 N–H and O–H groups in total. The second kappa shape index (κ2) is 10.5. The van der Waals surface area contributed by atoms with E-state index in [0.29, 0.717) is 19.8 Å². The summed E-state index contributed by atoms with van der Waals surface area (Å²) in [5.41, 5.74) is 1.97. The van der Waals surface area contributed by atoms with Crippen LogP contribution in [-0.4, -0.2) is 37.0 Å². The molecule has 2 rings (SSSR count). The summed E-state index contributed by atoms with van der Waals surface area (Å²) < 4.78 is 15.9. The maximum Gasteiger partial charge on any atom is 0.335 e. The quantitative estimate of drug-likeness (QED) is 0.530. The van der Waals surface area contributed by atoms with Gasteiger partial charge in [-0.3, -0.25) is 0 Å². The number of aliphatic hydroxyl groups is 1. The Kier molecular flexibility index (Phi) is 7.95. The maximum atomic E-state index is 11.4. The number of carbonyl (C=O) groups excluding carboxylic acids is 1. The van der Waals surface area contributed by atoms with Crippen LogP contribution in [0.2, 0.25) is 0 Å². The fourth-order valence-corrected chi connectivity index (χ4v) is 2.25. The molecular formula is C20H24O5. The van der Waals surface area contributed by atoms with Crippen molar-refractivity contribution in [3.05, 3.63) is 65.7 Å². The van der Waals surface area contributed by atoms with E-state index in [0.717, 1.165) is 16.9 Å². The fourth-order valence-electron chi connectivity index (χ4n) is 2.25. The van der Waals surface area contributed by atoms with Gasteiger partial charge in [-0.05, 0) is 30.2 Å². The van der Waals surface area contributed by atoms with Gasteiger partial charge in [-0.2, -0.15) is 0 Å². The number of aliphatic hydroxyl groups excluding tert-OH is 1. The number of esters is 1. The van der Waals surface area contributed by atoms with Gasteiger partial charge in [0.15, 0.2) is 6.10 Å². The summed E-state index contributed by atoms with van der Waals surface area (Å²) in [7, 11) is 0. The molecule has 0 radical (unpaired) electrons. The molecular weight excluding hydrogens is 320 g/mol. The van der Waals surface area contributed by atoms with Crippen molar-refractivity contribution in [2.24, 2.45) is 0 Å². The SMILES string of the molecule is CCOC(=O)[C@H](O)Cc1ccc(OCCOCc2ccccc2)cc1. The standard InChI is InChI=1S/C20H24O5/c1-2-24-20(22)19(21)14-16-8-10-18(11-9-16)25-13-12-23-15-17-6-4-3-5-7-17/h3-11,19,21H,2,12-15H2,1H3/t19-/m1/s1. The summed E-state index contributed by atoms with van der Waals surface area (Å²) in [5.74, 6) is 0.121. The number of benzene rings is 2. The lowest BCUT2D eigenvalue weighted by atomic mass is 10.1. The molecule has 1 atom stereocenters. The third-order valence-corrected chi connectivity index (χ3v) is 3.52. The summed E-state index contributed by atoms with van der Waals surface area (Å²) in [6, 6.07) is 17.2. The van der Waals surface area contributed by atoms with Crippen molar-refractivity contribution in [2.45, 2.75) is 26.1 Å². The van der Waals surface area contributed by atoms with Crippen LogP contribution in [0.15, 0.2) is 54.6 Å². The van der Waals surface area contributed by atoms with Crippen LogP contribution in [0.25, 0.3) is 0 Å². The zero-order valence-corrected chi connectivity index (χ0v) is 14.4. The molecule has 0 heterocycles. The van der Waals surface area contributed by atoms with Gasteiger partial charge in [0.05, 0.1) is 19.8 Å². The number of hydrogen-bond donors (Lipinski definition) is 1. The first-order valence-corrected chi connectivity index (χ1v) is 8.37. The van der Waals surface area contributed by atoms with Crippen LogP contribution >= 0.6 is 0 Å². The van der Waals surface area contributed by atoms with Gasteiger partial charge in [-0.1, -0.05) is 42.5 Å². The Hall–Kier alpha value is -2.37. The smallest absolute Gasteiger partial charge is 0.335 e. The molecule has 0 spiro atoms. The van der Waals surface area contributed by atoms with Crippen molar-refractivity contribution in [1.29, 1.82) is 0 Å². The fraction of sp³-hybridized carbons (Fsp3) is 0.350. The van der Waals surface area contributed by atoms with Crippen molar-refractivity contribution >= 4 is 5.97 Å². The predicted molar refractivity (Wildman–Crippen MR) is 94.4 cm³/mol. The van der Waals surface area contributed by atoms with E-state index < -0.39 is 12.1 Å². The van der Waals surface area contributed by atoms with Crippen molar-refractivity contribution < 1.29 is 24.1 Å². The summed E-state index contributed by atoms with van der Waals surface area (Å²) in [5, 5.41) is 9.74. The highest BCUT2D eigenvalue weighted by Crippen LogP contribution is 2.14. The zero-order valence-electron chi connectivity index (χ0n) is 14.4. The monoisotopic (exact) mass is 344 g/mol. The van der Waals surface area contributed by atoms with Gasteiger partial charge in [0, 0.05) is 6.42 Å². The molecule has 0 aliphatic heterocycles. The van der Waals surface area contributed by atoms with E-state index in [1.807, 2.05) is 54.6 Å². The molecule has 0 unspecified atom stereocenters. The molecule has 2 aromatic carbocycles. The largest absolute Gasteiger partial charge is 0.491 e. The average Bonchev–Trinajstić information content (AvgIpc) is 2.64. The Morgan fingerprint density at radius 1 is 1.00 bits per heavy atom. The Morgan fingerprint density at radius 3 is 2.40 bits per heavy atom. The third kappa shape index (κ3) is 6.95. The van der Waals surface area contributed by atoms with E-state index in [4.69, 9.17) is 14.2 Å². The molecule has 0 amide bonds. The highest BCUT2D eigenvalue weighted by molar-refractivity contribution is 5.74. The van der Waals surface area contributed by atoms with Gasteiger partial charge < -0.3 is 19.3 Å². The Bertz CT molecular complexity index is 624. The second-order valence-corrected chi connectivity index (χ2v) is 5.50. The van der Waals surface area contributed by atoms with Crippen LogP contribution in [-0.2, 0) is 27.3 Å². The van der Waals surface area contributed by atoms with Crippen LogP contribution in [0.5, 0.6) is 5.75 Å². The predicted octanol–water partition coefficient (Wildman–Crippen LogP) is 2.75. The van der Waals surface area contributed by atoms with E-state index >= 15 is 0 Å². The van der Waals surface area contributed by atoms with Gasteiger partial charge in [0.1, 0.15) is 12.4 Å². The normalized spacial score (nSPS) is 11.8. The molecule has 0 fully saturated rings. The van der Waals surface area contributed by atoms with Gasteiger partial charge in [-0.25, -0.2) is 4.79 Å². The van der Waals surface area contributed by atoms with Gasteiger partial charge >= 0.3 is 5.97 Å². The topological polar surface area (TPSA) is 65.0 Å². The summed E-state index contributed by atoms with van der Waals surface area (Å²) in [4.78, 5) is 11.4. The van der Waals surface area contributed by atoms with Crippen molar-refractivity contribution in [1.82, 2.24) is 0 Å². The first-order valence-electron chi connectivity index (χ1n) is 8.37. The lowest BCUT2D eigenvalue weighted by Gasteiger charge is -2.11. The number of carbonyl (C=O) groups is 1. The van der Waals surface area contributed by atoms with Crippen LogP contribution in [0.3, 0.4) is 0 Å². The molecule has 0 bridgehead atoms. The Balaban J connectivity index is 1.67. The summed E-state index contributed by atoms with van der Waals surface area (Å²) in [6.07, 6.45) is -0.919. The minimum Gasteiger partial charge on any atom is -0.491 e. The van der Waals surface area contributed by atoms with E-state index in [1.165, 1.54) is 0 Å².